The summed E-state index contributed by atoms with van der Waals surface area (Å²) in [5, 5.41) is 43.0. The molecule has 0 aliphatic heterocycles. The van der Waals surface area contributed by atoms with Gasteiger partial charge in [0.2, 0.25) is 5.91 Å². The van der Waals surface area contributed by atoms with Crippen LogP contribution in [-0.2, 0) is 4.79 Å². The molecule has 224 valence electrons. The minimum absolute atomic E-state index is 0.277. The van der Waals surface area contributed by atoms with Crippen LogP contribution in [0, 0.1) is 0 Å². The van der Waals surface area contributed by atoms with Gasteiger partial charge >= 0.3 is 0 Å². The number of aliphatic hydroxyl groups excluding tert-OH is 4. The fourth-order valence-corrected chi connectivity index (χ4v) is 4.52. The Morgan fingerprint density at radius 2 is 1.08 bits per heavy atom. The van der Waals surface area contributed by atoms with Crippen LogP contribution >= 0.6 is 0 Å². The van der Waals surface area contributed by atoms with E-state index in [2.05, 4.69) is 37.4 Å². The SMILES string of the molecule is CCCCCC/C=C\CCC(O)C(=O)NC(CO)C(O)C(O)CCC/C=C/CCCCCCCCCCC. The van der Waals surface area contributed by atoms with Gasteiger partial charge in [-0.05, 0) is 57.8 Å². The number of carbonyl (C=O) groups excluding carboxylic acids is 1. The largest absolute Gasteiger partial charge is 0.394 e. The normalized spacial score (nSPS) is 15.2. The Kier molecular flexibility index (Phi) is 26.5. The van der Waals surface area contributed by atoms with Crippen LogP contribution in [-0.4, -0.2) is 57.3 Å². The number of amides is 1. The fraction of sp³-hybridized carbons (Fsp3) is 0.844. The average Bonchev–Trinajstić information content (AvgIpc) is 2.92. The Morgan fingerprint density at radius 3 is 1.61 bits per heavy atom. The summed E-state index contributed by atoms with van der Waals surface area (Å²) < 4.78 is 0. The van der Waals surface area contributed by atoms with Crippen LogP contribution in [0.4, 0.5) is 0 Å². The summed E-state index contributed by atoms with van der Waals surface area (Å²) in [6, 6.07) is -1.01. The molecule has 0 fully saturated rings. The third-order valence-corrected chi connectivity index (χ3v) is 7.14. The van der Waals surface area contributed by atoms with Crippen molar-refractivity contribution in [3.63, 3.8) is 0 Å². The summed E-state index contributed by atoms with van der Waals surface area (Å²) >= 11 is 0. The van der Waals surface area contributed by atoms with Gasteiger partial charge in [-0.3, -0.25) is 4.79 Å². The molecule has 5 N–H and O–H groups in total. The molecule has 0 aliphatic rings. The zero-order valence-electron chi connectivity index (χ0n) is 24.7. The molecule has 1 amide bonds. The van der Waals surface area contributed by atoms with Crippen LogP contribution in [0.1, 0.15) is 142 Å². The van der Waals surface area contributed by atoms with Crippen molar-refractivity contribution in [1.29, 1.82) is 0 Å². The first-order valence-electron chi connectivity index (χ1n) is 15.7. The second kappa shape index (κ2) is 27.4. The second-order valence-corrected chi connectivity index (χ2v) is 10.8. The van der Waals surface area contributed by atoms with Gasteiger partial charge in [-0.15, -0.1) is 0 Å². The van der Waals surface area contributed by atoms with E-state index >= 15 is 0 Å². The Labute approximate surface area is 234 Å². The molecule has 0 heterocycles. The van der Waals surface area contributed by atoms with Crippen LogP contribution in [0.25, 0.3) is 0 Å². The number of aliphatic hydroxyl groups is 4. The molecule has 38 heavy (non-hydrogen) atoms. The third kappa shape index (κ3) is 21.7. The molecule has 0 aliphatic carbocycles. The maximum Gasteiger partial charge on any atom is 0.249 e. The Bertz CT molecular complexity index is 580. The van der Waals surface area contributed by atoms with Crippen molar-refractivity contribution in [3.05, 3.63) is 24.3 Å². The first-order chi connectivity index (χ1) is 18.5. The Balaban J connectivity index is 3.98. The number of unbranched alkanes of at least 4 members (excludes halogenated alkanes) is 14. The number of rotatable bonds is 27. The lowest BCUT2D eigenvalue weighted by Gasteiger charge is -2.27. The summed E-state index contributed by atoms with van der Waals surface area (Å²) in [5.74, 6) is -0.633. The lowest BCUT2D eigenvalue weighted by Crippen LogP contribution is -2.53. The molecule has 0 saturated carbocycles. The van der Waals surface area contributed by atoms with Crippen molar-refractivity contribution >= 4 is 5.91 Å². The molecule has 4 unspecified atom stereocenters. The molecule has 6 heteroatoms. The second-order valence-electron chi connectivity index (χ2n) is 10.8. The summed E-state index contributed by atoms with van der Waals surface area (Å²) in [4.78, 5) is 12.3. The van der Waals surface area contributed by atoms with Crippen molar-refractivity contribution in [1.82, 2.24) is 5.32 Å². The molecule has 0 rings (SSSR count). The van der Waals surface area contributed by atoms with E-state index in [9.17, 15) is 25.2 Å². The monoisotopic (exact) mass is 539 g/mol. The first-order valence-corrected chi connectivity index (χ1v) is 15.7. The highest BCUT2D eigenvalue weighted by molar-refractivity contribution is 5.80. The van der Waals surface area contributed by atoms with Gasteiger partial charge in [0.1, 0.15) is 12.2 Å². The summed E-state index contributed by atoms with van der Waals surface area (Å²) in [7, 11) is 0. The highest BCUT2D eigenvalue weighted by atomic mass is 16.3. The van der Waals surface area contributed by atoms with Gasteiger partial charge in [0, 0.05) is 0 Å². The molecular weight excluding hydrogens is 478 g/mol. The number of hydrogen-bond acceptors (Lipinski definition) is 5. The number of carbonyl (C=O) groups is 1. The molecule has 0 aromatic rings. The van der Waals surface area contributed by atoms with E-state index in [0.29, 0.717) is 19.3 Å². The number of hydrogen-bond donors (Lipinski definition) is 5. The number of nitrogens with one attached hydrogen (secondary N) is 1. The maximum atomic E-state index is 12.3. The standard InChI is InChI=1S/C32H61NO5/c1-3-5-7-9-11-13-14-15-16-17-18-20-21-23-25-29(35)31(37)28(27-34)33-32(38)30(36)26-24-22-19-12-10-8-6-4-2/h18-20,22,28-31,34-37H,3-17,21,23-27H2,1-2H3,(H,33,38)/b20-18+,22-19-. The molecular formula is C32H61NO5. The van der Waals surface area contributed by atoms with Crippen molar-refractivity contribution in [2.24, 2.45) is 0 Å². The van der Waals surface area contributed by atoms with Gasteiger partial charge in [0.25, 0.3) is 0 Å². The zero-order valence-corrected chi connectivity index (χ0v) is 24.7. The van der Waals surface area contributed by atoms with Crippen molar-refractivity contribution in [2.45, 2.75) is 167 Å². The molecule has 0 spiro atoms. The van der Waals surface area contributed by atoms with Gasteiger partial charge in [0.15, 0.2) is 0 Å². The van der Waals surface area contributed by atoms with Crippen molar-refractivity contribution in [2.75, 3.05) is 6.61 Å². The van der Waals surface area contributed by atoms with E-state index in [0.717, 1.165) is 25.7 Å². The zero-order chi connectivity index (χ0) is 28.3. The summed E-state index contributed by atoms with van der Waals surface area (Å²) in [5.41, 5.74) is 0. The van der Waals surface area contributed by atoms with E-state index in [-0.39, 0.29) is 6.42 Å². The third-order valence-electron chi connectivity index (χ3n) is 7.14. The molecule has 0 aromatic carbocycles. The average molecular weight is 540 g/mol. The van der Waals surface area contributed by atoms with Gasteiger partial charge in [-0.25, -0.2) is 0 Å². The van der Waals surface area contributed by atoms with E-state index in [1.807, 2.05) is 6.08 Å². The van der Waals surface area contributed by atoms with Gasteiger partial charge in [-0.2, -0.15) is 0 Å². The lowest BCUT2D eigenvalue weighted by molar-refractivity contribution is -0.132. The Morgan fingerprint density at radius 1 is 0.632 bits per heavy atom. The molecule has 0 bridgehead atoms. The van der Waals surface area contributed by atoms with Crippen LogP contribution < -0.4 is 5.32 Å². The fourth-order valence-electron chi connectivity index (χ4n) is 4.52. The Hall–Kier alpha value is -1.21. The van der Waals surface area contributed by atoms with Gasteiger partial charge < -0.3 is 25.7 Å². The van der Waals surface area contributed by atoms with E-state index in [4.69, 9.17) is 0 Å². The molecule has 0 radical (unpaired) electrons. The summed E-state index contributed by atoms with van der Waals surface area (Å²) in [6.07, 6.45) is 26.5. The maximum absolute atomic E-state index is 12.3. The van der Waals surface area contributed by atoms with Crippen molar-refractivity contribution < 1.29 is 25.2 Å². The molecule has 0 saturated heterocycles. The minimum Gasteiger partial charge on any atom is -0.394 e. The topological polar surface area (TPSA) is 110 Å². The molecule has 0 aromatic heterocycles. The van der Waals surface area contributed by atoms with Crippen LogP contribution in [0.15, 0.2) is 24.3 Å². The van der Waals surface area contributed by atoms with Crippen LogP contribution in [0.2, 0.25) is 0 Å². The van der Waals surface area contributed by atoms with Crippen molar-refractivity contribution in [3.8, 4) is 0 Å². The van der Waals surface area contributed by atoms with Crippen LogP contribution in [0.3, 0.4) is 0 Å². The first kappa shape index (κ1) is 36.8. The molecule has 4 atom stereocenters. The highest BCUT2D eigenvalue weighted by Gasteiger charge is 2.28. The lowest BCUT2D eigenvalue weighted by atomic mass is 10.00. The smallest absolute Gasteiger partial charge is 0.249 e. The molecule has 6 nitrogen and oxygen atoms in total. The van der Waals surface area contributed by atoms with Gasteiger partial charge in [0.05, 0.1) is 18.8 Å². The van der Waals surface area contributed by atoms with Crippen LogP contribution in [0.5, 0.6) is 0 Å². The predicted octanol–water partition coefficient (Wildman–Crippen LogP) is 6.50. The van der Waals surface area contributed by atoms with E-state index < -0.39 is 36.9 Å². The minimum atomic E-state index is -1.29. The van der Waals surface area contributed by atoms with Gasteiger partial charge in [-0.1, -0.05) is 109 Å². The van der Waals surface area contributed by atoms with E-state index in [1.54, 1.807) is 0 Å². The highest BCUT2D eigenvalue weighted by Crippen LogP contribution is 2.13. The summed E-state index contributed by atoms with van der Waals surface area (Å²) in [6.45, 7) is 3.92. The predicted molar refractivity (Wildman–Crippen MR) is 159 cm³/mol. The van der Waals surface area contributed by atoms with E-state index in [1.165, 1.54) is 77.0 Å². The quantitative estimate of drug-likeness (QED) is 0.0604. The number of allylic oxidation sites excluding steroid dienone is 4.